The second-order valence-electron chi connectivity index (χ2n) is 7.72. The Morgan fingerprint density at radius 2 is 1.77 bits per heavy atom. The molecule has 1 aliphatic rings. The maximum Gasteiger partial charge on any atom is 0.228 e. The van der Waals surface area contributed by atoms with E-state index in [4.69, 9.17) is 9.15 Å². The zero-order valence-corrected chi connectivity index (χ0v) is 15.9. The van der Waals surface area contributed by atoms with Gasteiger partial charge in [-0.1, -0.05) is 20.8 Å². The molecule has 1 fully saturated rings. The van der Waals surface area contributed by atoms with Gasteiger partial charge < -0.3 is 19.0 Å². The van der Waals surface area contributed by atoms with Gasteiger partial charge in [-0.15, -0.1) is 0 Å². The number of carbonyl (C=O) groups is 2. The van der Waals surface area contributed by atoms with Crippen molar-refractivity contribution < 1.29 is 18.7 Å². The molecule has 1 aromatic carbocycles. The molecule has 0 bridgehead atoms. The summed E-state index contributed by atoms with van der Waals surface area (Å²) in [4.78, 5) is 28.7. The second kappa shape index (κ2) is 7.02. The lowest BCUT2D eigenvalue weighted by atomic mass is 9.94. The van der Waals surface area contributed by atoms with E-state index in [1.54, 1.807) is 13.4 Å². The number of hydrogen-bond acceptors (Lipinski definition) is 4. The summed E-state index contributed by atoms with van der Waals surface area (Å²) in [7, 11) is 1.61. The molecule has 0 unspecified atom stereocenters. The topological polar surface area (TPSA) is 63.0 Å². The van der Waals surface area contributed by atoms with Crippen LogP contribution in [-0.2, 0) is 16.0 Å². The predicted molar refractivity (Wildman–Crippen MR) is 99.1 cm³/mol. The molecule has 1 saturated heterocycles. The number of carbonyl (C=O) groups excluding carboxylic acids is 2. The minimum atomic E-state index is -0.386. The molecular weight excluding hydrogens is 332 g/mol. The van der Waals surface area contributed by atoms with Crippen molar-refractivity contribution in [1.29, 1.82) is 0 Å². The first-order chi connectivity index (χ1) is 12.3. The van der Waals surface area contributed by atoms with E-state index in [9.17, 15) is 9.59 Å². The van der Waals surface area contributed by atoms with Gasteiger partial charge in [-0.3, -0.25) is 9.59 Å². The Morgan fingerprint density at radius 1 is 1.12 bits per heavy atom. The second-order valence-corrected chi connectivity index (χ2v) is 7.72. The lowest BCUT2D eigenvalue weighted by Crippen LogP contribution is -2.53. The van der Waals surface area contributed by atoms with E-state index in [0.29, 0.717) is 38.2 Å². The average Bonchev–Trinajstić information content (AvgIpc) is 3.02. The minimum absolute atomic E-state index is 0.0615. The van der Waals surface area contributed by atoms with Crippen LogP contribution in [-0.4, -0.2) is 54.9 Å². The fraction of sp³-hybridized carbons (Fsp3) is 0.500. The molecule has 0 radical (unpaired) electrons. The number of piperazine rings is 1. The number of ether oxygens (including phenoxy) is 1. The molecule has 2 amide bonds. The van der Waals surface area contributed by atoms with E-state index >= 15 is 0 Å². The number of furan rings is 1. The van der Waals surface area contributed by atoms with Crippen molar-refractivity contribution in [3.05, 3.63) is 30.0 Å². The lowest BCUT2D eigenvalue weighted by molar-refractivity contribution is -0.144. The summed E-state index contributed by atoms with van der Waals surface area (Å²) in [6.45, 7) is 8.09. The zero-order valence-electron chi connectivity index (χ0n) is 15.9. The lowest BCUT2D eigenvalue weighted by Gasteiger charge is -2.37. The fourth-order valence-electron chi connectivity index (χ4n) is 3.24. The SMILES string of the molecule is COc1ccc2c(CC(=O)N3CCN(C(=O)C(C)(C)C)CC3)coc2c1. The molecule has 0 aliphatic carbocycles. The van der Waals surface area contributed by atoms with Crippen LogP contribution in [0.25, 0.3) is 11.0 Å². The smallest absolute Gasteiger partial charge is 0.228 e. The van der Waals surface area contributed by atoms with Crippen LogP contribution >= 0.6 is 0 Å². The number of fused-ring (bicyclic) bond motifs is 1. The van der Waals surface area contributed by atoms with E-state index in [2.05, 4.69) is 0 Å². The van der Waals surface area contributed by atoms with E-state index < -0.39 is 0 Å². The number of nitrogens with zero attached hydrogens (tertiary/aromatic N) is 2. The van der Waals surface area contributed by atoms with Gasteiger partial charge in [-0.05, 0) is 12.1 Å². The molecule has 6 nitrogen and oxygen atoms in total. The molecule has 0 spiro atoms. The van der Waals surface area contributed by atoms with Crippen LogP contribution in [0.3, 0.4) is 0 Å². The van der Waals surface area contributed by atoms with Crippen molar-refractivity contribution in [1.82, 2.24) is 9.80 Å². The maximum absolute atomic E-state index is 12.7. The van der Waals surface area contributed by atoms with E-state index in [1.807, 2.05) is 48.8 Å². The van der Waals surface area contributed by atoms with Crippen LogP contribution in [0, 0.1) is 5.41 Å². The molecule has 2 aromatic rings. The van der Waals surface area contributed by atoms with Gasteiger partial charge in [0.1, 0.15) is 11.3 Å². The highest BCUT2D eigenvalue weighted by Crippen LogP contribution is 2.26. The van der Waals surface area contributed by atoms with Gasteiger partial charge in [0, 0.05) is 48.6 Å². The Labute approximate surface area is 153 Å². The highest BCUT2D eigenvalue weighted by molar-refractivity contribution is 5.88. The van der Waals surface area contributed by atoms with E-state index in [0.717, 1.165) is 16.7 Å². The standard InChI is InChI=1S/C20H26N2O4/c1-20(2,3)19(24)22-9-7-21(8-10-22)18(23)11-14-13-26-17-12-15(25-4)5-6-16(14)17/h5-6,12-13H,7-11H2,1-4H3. The van der Waals surface area contributed by atoms with Gasteiger partial charge in [0.15, 0.2) is 0 Å². The van der Waals surface area contributed by atoms with Crippen LogP contribution in [0.5, 0.6) is 5.75 Å². The zero-order chi connectivity index (χ0) is 18.9. The summed E-state index contributed by atoms with van der Waals surface area (Å²) in [5.41, 5.74) is 1.21. The third-order valence-corrected chi connectivity index (χ3v) is 4.77. The quantitative estimate of drug-likeness (QED) is 0.846. The Morgan fingerprint density at radius 3 is 2.38 bits per heavy atom. The summed E-state index contributed by atoms with van der Waals surface area (Å²) >= 11 is 0. The summed E-state index contributed by atoms with van der Waals surface area (Å²) < 4.78 is 10.8. The summed E-state index contributed by atoms with van der Waals surface area (Å²) in [5.74, 6) is 0.926. The number of rotatable bonds is 3. The van der Waals surface area contributed by atoms with Crippen molar-refractivity contribution in [3.8, 4) is 5.75 Å². The van der Waals surface area contributed by atoms with Crippen LogP contribution in [0.15, 0.2) is 28.9 Å². The van der Waals surface area contributed by atoms with Gasteiger partial charge in [0.25, 0.3) is 0 Å². The Bertz CT molecular complexity index is 811. The molecule has 0 atom stereocenters. The van der Waals surface area contributed by atoms with Gasteiger partial charge in [-0.2, -0.15) is 0 Å². The van der Waals surface area contributed by atoms with Crippen molar-refractivity contribution >= 4 is 22.8 Å². The molecule has 140 valence electrons. The number of amides is 2. The highest BCUT2D eigenvalue weighted by Gasteiger charge is 2.30. The molecular formula is C20H26N2O4. The third kappa shape index (κ3) is 3.69. The summed E-state index contributed by atoms with van der Waals surface area (Å²) in [6.07, 6.45) is 1.94. The molecule has 26 heavy (non-hydrogen) atoms. The largest absolute Gasteiger partial charge is 0.497 e. The van der Waals surface area contributed by atoms with Crippen molar-refractivity contribution in [2.24, 2.45) is 5.41 Å². The van der Waals surface area contributed by atoms with Crippen LogP contribution < -0.4 is 4.74 Å². The Balaban J connectivity index is 1.62. The summed E-state index contributed by atoms with van der Waals surface area (Å²) in [6, 6.07) is 5.60. The molecule has 6 heteroatoms. The van der Waals surface area contributed by atoms with Gasteiger partial charge in [-0.25, -0.2) is 0 Å². The van der Waals surface area contributed by atoms with Gasteiger partial charge in [0.05, 0.1) is 19.8 Å². The summed E-state index contributed by atoms with van der Waals surface area (Å²) in [5, 5.41) is 0.931. The predicted octanol–water partition coefficient (Wildman–Crippen LogP) is 2.70. The van der Waals surface area contributed by atoms with E-state index in [1.165, 1.54) is 0 Å². The van der Waals surface area contributed by atoms with Crippen LogP contribution in [0.2, 0.25) is 0 Å². The van der Waals surface area contributed by atoms with Crippen LogP contribution in [0.1, 0.15) is 26.3 Å². The van der Waals surface area contributed by atoms with E-state index in [-0.39, 0.29) is 17.2 Å². The minimum Gasteiger partial charge on any atom is -0.497 e. The van der Waals surface area contributed by atoms with Crippen molar-refractivity contribution in [2.45, 2.75) is 27.2 Å². The molecule has 2 heterocycles. The molecule has 1 aromatic heterocycles. The molecule has 0 N–H and O–H groups in total. The average molecular weight is 358 g/mol. The van der Waals surface area contributed by atoms with Crippen LogP contribution in [0.4, 0.5) is 0 Å². The molecule has 3 rings (SSSR count). The van der Waals surface area contributed by atoms with Gasteiger partial charge >= 0.3 is 0 Å². The first kappa shape index (κ1) is 18.3. The van der Waals surface area contributed by atoms with Gasteiger partial charge in [0.2, 0.25) is 11.8 Å². The van der Waals surface area contributed by atoms with Crippen molar-refractivity contribution in [3.63, 3.8) is 0 Å². The first-order valence-corrected chi connectivity index (χ1v) is 8.91. The third-order valence-electron chi connectivity index (χ3n) is 4.77. The fourth-order valence-corrected chi connectivity index (χ4v) is 3.24. The maximum atomic E-state index is 12.7. The first-order valence-electron chi connectivity index (χ1n) is 8.91. The Hall–Kier alpha value is -2.50. The molecule has 0 saturated carbocycles. The highest BCUT2D eigenvalue weighted by atomic mass is 16.5. The normalized spacial score (nSPS) is 15.4. The van der Waals surface area contributed by atoms with Crippen molar-refractivity contribution in [2.75, 3.05) is 33.3 Å². The number of hydrogen-bond donors (Lipinski definition) is 0. The molecule has 1 aliphatic heterocycles. The number of methoxy groups -OCH3 is 1. The monoisotopic (exact) mass is 358 g/mol. The Kier molecular flexibility index (Phi) is 4.94. The number of benzene rings is 1.